The minimum atomic E-state index is -0.348. The smallest absolute Gasteiger partial charge is 0.312 e. The molecule has 7 heteroatoms. The Bertz CT molecular complexity index is 980. The number of fused-ring (bicyclic) bond motifs is 1. The molecule has 174 valence electrons. The Labute approximate surface area is 194 Å². The Morgan fingerprint density at radius 3 is 2.15 bits per heavy atom. The molecule has 0 aliphatic carbocycles. The molecule has 0 aromatic heterocycles. The van der Waals surface area contributed by atoms with Gasteiger partial charge in [-0.3, -0.25) is 14.5 Å². The lowest BCUT2D eigenvalue weighted by molar-refractivity contribution is -0.153. The molecule has 3 aliphatic heterocycles. The summed E-state index contributed by atoms with van der Waals surface area (Å²) in [5, 5.41) is 0. The molecule has 2 aromatic rings. The lowest BCUT2D eigenvalue weighted by Gasteiger charge is -2.36. The van der Waals surface area contributed by atoms with E-state index >= 15 is 0 Å². The minimum absolute atomic E-state index is 0.276. The van der Waals surface area contributed by atoms with Gasteiger partial charge < -0.3 is 19.3 Å². The van der Waals surface area contributed by atoms with Crippen LogP contribution >= 0.6 is 0 Å². The first-order valence-corrected chi connectivity index (χ1v) is 11.9. The van der Waals surface area contributed by atoms with E-state index in [0.717, 1.165) is 56.0 Å². The first-order chi connectivity index (χ1) is 16.2. The number of piperidine rings is 1. The highest BCUT2D eigenvalue weighted by molar-refractivity contribution is 6.34. The van der Waals surface area contributed by atoms with Crippen molar-refractivity contribution in [3.05, 3.63) is 59.7 Å². The molecular formula is C26H31N3O4. The van der Waals surface area contributed by atoms with Crippen LogP contribution in [0.25, 0.3) is 0 Å². The van der Waals surface area contributed by atoms with Crippen LogP contribution in [-0.2, 0) is 22.6 Å². The largest absolute Gasteiger partial charge is 0.454 e. The summed E-state index contributed by atoms with van der Waals surface area (Å²) in [7, 11) is 0. The molecule has 0 atom stereocenters. The molecular weight excluding hydrogens is 418 g/mol. The molecule has 7 nitrogen and oxygen atoms in total. The number of nitrogens with zero attached hydrogens (tertiary/aromatic N) is 3. The third kappa shape index (κ3) is 5.14. The number of ether oxygens (including phenoxy) is 2. The van der Waals surface area contributed by atoms with Crippen LogP contribution in [-0.4, -0.2) is 72.6 Å². The Balaban J connectivity index is 1.07. The molecule has 2 amide bonds. The third-order valence-electron chi connectivity index (χ3n) is 6.95. The molecule has 5 rings (SSSR count). The highest BCUT2D eigenvalue weighted by atomic mass is 16.7. The van der Waals surface area contributed by atoms with Crippen molar-refractivity contribution in [1.29, 1.82) is 0 Å². The average molecular weight is 450 g/mol. The second-order valence-electron chi connectivity index (χ2n) is 9.18. The van der Waals surface area contributed by atoms with Gasteiger partial charge >= 0.3 is 11.8 Å². The number of hydrogen-bond donors (Lipinski definition) is 0. The number of piperazine rings is 1. The van der Waals surface area contributed by atoms with Gasteiger partial charge in [0.15, 0.2) is 11.5 Å². The zero-order valence-corrected chi connectivity index (χ0v) is 18.9. The summed E-state index contributed by atoms with van der Waals surface area (Å²) in [5.74, 6) is 1.47. The van der Waals surface area contributed by atoms with Gasteiger partial charge in [0, 0.05) is 45.8 Å². The molecule has 0 saturated carbocycles. The van der Waals surface area contributed by atoms with E-state index in [4.69, 9.17) is 9.47 Å². The SMILES string of the molecule is O=C(C(=O)N1CCN(Cc2ccc3c(c2)OCO3)CC1)N1CCC(Cc2ccccc2)CC1. The van der Waals surface area contributed by atoms with E-state index in [1.807, 2.05) is 18.2 Å². The Kier molecular flexibility index (Phi) is 6.48. The molecule has 0 N–H and O–H groups in total. The first-order valence-electron chi connectivity index (χ1n) is 11.9. The van der Waals surface area contributed by atoms with Gasteiger partial charge in [-0.25, -0.2) is 0 Å². The van der Waals surface area contributed by atoms with Gasteiger partial charge in [-0.15, -0.1) is 0 Å². The fourth-order valence-corrected chi connectivity index (χ4v) is 4.96. The summed E-state index contributed by atoms with van der Waals surface area (Å²) >= 11 is 0. The molecule has 2 fully saturated rings. The maximum absolute atomic E-state index is 12.8. The summed E-state index contributed by atoms with van der Waals surface area (Å²) in [6.07, 6.45) is 2.95. The van der Waals surface area contributed by atoms with Crippen LogP contribution in [0.15, 0.2) is 48.5 Å². The number of carbonyl (C=O) groups excluding carboxylic acids is 2. The highest BCUT2D eigenvalue weighted by Crippen LogP contribution is 2.33. The number of benzene rings is 2. The van der Waals surface area contributed by atoms with Crippen LogP contribution < -0.4 is 9.47 Å². The normalized spacial score (nSPS) is 19.0. The van der Waals surface area contributed by atoms with Crippen molar-refractivity contribution >= 4 is 11.8 Å². The quantitative estimate of drug-likeness (QED) is 0.672. The molecule has 0 unspecified atom stereocenters. The summed E-state index contributed by atoms with van der Waals surface area (Å²) in [6, 6.07) is 16.5. The van der Waals surface area contributed by atoms with Crippen LogP contribution in [0.1, 0.15) is 24.0 Å². The molecule has 2 saturated heterocycles. The van der Waals surface area contributed by atoms with Crippen molar-refractivity contribution in [3.8, 4) is 11.5 Å². The molecule has 0 bridgehead atoms. The molecule has 0 radical (unpaired) electrons. The molecule has 3 heterocycles. The van der Waals surface area contributed by atoms with E-state index in [-0.39, 0.29) is 18.6 Å². The molecule has 2 aromatic carbocycles. The van der Waals surface area contributed by atoms with Crippen molar-refractivity contribution in [1.82, 2.24) is 14.7 Å². The van der Waals surface area contributed by atoms with Gasteiger partial charge in [-0.1, -0.05) is 36.4 Å². The summed E-state index contributed by atoms with van der Waals surface area (Å²) < 4.78 is 10.8. The highest BCUT2D eigenvalue weighted by Gasteiger charge is 2.32. The van der Waals surface area contributed by atoms with Gasteiger partial charge in [-0.2, -0.15) is 0 Å². The number of likely N-dealkylation sites (tertiary alicyclic amines) is 1. The fourth-order valence-electron chi connectivity index (χ4n) is 4.96. The number of hydrogen-bond acceptors (Lipinski definition) is 5. The van der Waals surface area contributed by atoms with Gasteiger partial charge in [-0.05, 0) is 48.4 Å². The van der Waals surface area contributed by atoms with Crippen LogP contribution in [0.2, 0.25) is 0 Å². The van der Waals surface area contributed by atoms with Gasteiger partial charge in [0.25, 0.3) is 0 Å². The van der Waals surface area contributed by atoms with Crippen LogP contribution in [0.3, 0.4) is 0 Å². The van der Waals surface area contributed by atoms with Crippen LogP contribution in [0.4, 0.5) is 0 Å². The lowest BCUT2D eigenvalue weighted by Crippen LogP contribution is -2.54. The topological polar surface area (TPSA) is 62.3 Å². The Morgan fingerprint density at radius 1 is 0.758 bits per heavy atom. The lowest BCUT2D eigenvalue weighted by atomic mass is 9.90. The fraction of sp³-hybridized carbons (Fsp3) is 0.462. The summed E-state index contributed by atoms with van der Waals surface area (Å²) in [5.41, 5.74) is 2.51. The van der Waals surface area contributed by atoms with Gasteiger partial charge in [0.05, 0.1) is 0 Å². The maximum atomic E-state index is 12.8. The zero-order chi connectivity index (χ0) is 22.6. The standard InChI is InChI=1S/C26H31N3O4/c30-25(28-10-8-21(9-11-28)16-20-4-2-1-3-5-20)26(31)29-14-12-27(13-15-29)18-22-6-7-23-24(17-22)33-19-32-23/h1-7,17,21H,8-16,18-19H2. The summed E-state index contributed by atoms with van der Waals surface area (Å²) in [4.78, 5) is 31.5. The van der Waals surface area contributed by atoms with Crippen molar-refractivity contribution in [3.63, 3.8) is 0 Å². The Hall–Kier alpha value is -3.06. The average Bonchev–Trinajstić information content (AvgIpc) is 3.33. The van der Waals surface area contributed by atoms with Crippen molar-refractivity contribution in [2.75, 3.05) is 46.1 Å². The van der Waals surface area contributed by atoms with E-state index in [1.54, 1.807) is 9.80 Å². The van der Waals surface area contributed by atoms with E-state index in [2.05, 4.69) is 35.2 Å². The summed E-state index contributed by atoms with van der Waals surface area (Å²) in [6.45, 7) is 5.09. The molecule has 33 heavy (non-hydrogen) atoms. The molecule has 3 aliphatic rings. The van der Waals surface area contributed by atoms with Crippen molar-refractivity contribution in [2.24, 2.45) is 5.92 Å². The monoisotopic (exact) mass is 449 g/mol. The first kappa shape index (κ1) is 21.8. The van der Waals surface area contributed by atoms with Gasteiger partial charge in [0.2, 0.25) is 6.79 Å². The Morgan fingerprint density at radius 2 is 1.42 bits per heavy atom. The number of rotatable bonds is 4. The maximum Gasteiger partial charge on any atom is 0.312 e. The number of amides is 2. The van der Waals surface area contributed by atoms with E-state index < -0.39 is 0 Å². The van der Waals surface area contributed by atoms with E-state index in [1.165, 1.54) is 5.56 Å². The number of carbonyl (C=O) groups is 2. The predicted molar refractivity (Wildman–Crippen MR) is 124 cm³/mol. The third-order valence-corrected chi connectivity index (χ3v) is 6.95. The van der Waals surface area contributed by atoms with E-state index in [9.17, 15) is 9.59 Å². The van der Waals surface area contributed by atoms with Crippen molar-refractivity contribution < 1.29 is 19.1 Å². The zero-order valence-electron chi connectivity index (χ0n) is 18.9. The van der Waals surface area contributed by atoms with Crippen LogP contribution in [0.5, 0.6) is 11.5 Å². The van der Waals surface area contributed by atoms with Crippen molar-refractivity contribution in [2.45, 2.75) is 25.8 Å². The van der Waals surface area contributed by atoms with Gasteiger partial charge in [0.1, 0.15) is 0 Å². The second-order valence-corrected chi connectivity index (χ2v) is 9.18. The van der Waals surface area contributed by atoms with E-state index in [0.29, 0.717) is 32.1 Å². The van der Waals surface area contributed by atoms with Crippen LogP contribution in [0, 0.1) is 5.92 Å². The molecule has 0 spiro atoms. The predicted octanol–water partition coefficient (Wildman–Crippen LogP) is 2.54. The minimum Gasteiger partial charge on any atom is -0.454 e. The second kappa shape index (κ2) is 9.83.